The number of nitrogens with zero attached hydrogens (tertiary/aromatic N) is 3. The summed E-state index contributed by atoms with van der Waals surface area (Å²) in [4.78, 5) is 47.7. The zero-order valence-electron chi connectivity index (χ0n) is 17.1. The number of nitro benzene ring substituents is 2. The number of esters is 1. The van der Waals surface area contributed by atoms with E-state index in [0.717, 1.165) is 29.7 Å². The van der Waals surface area contributed by atoms with Crippen LogP contribution in [0.25, 0.3) is 0 Å². The first-order valence-corrected chi connectivity index (χ1v) is 11.0. The van der Waals surface area contributed by atoms with Gasteiger partial charge in [0.2, 0.25) is 5.91 Å². The molecule has 2 atom stereocenters. The van der Waals surface area contributed by atoms with Crippen LogP contribution >= 0.6 is 23.7 Å². The Morgan fingerprint density at radius 1 is 1.29 bits per heavy atom. The maximum Gasteiger partial charge on any atom is 0.355 e. The van der Waals surface area contributed by atoms with Crippen LogP contribution in [-0.2, 0) is 14.3 Å². The standard InChI is InChI=1S/C18H20N4O7S2/c1-9-8-30-16-13(15(23)20(16)14(9)17(24)29-18(2,3)4)19-31-12-6-5-10(21(25)26)7-11(12)22(27)28/h5-7,13,16,19H,8H2,1-4H3/t13-,16+/m1/s1. The number of ether oxygens (including phenoxy) is 1. The molecular formula is C18H20N4O7S2. The number of carbonyl (C=O) groups excluding carboxylic acids is 2. The van der Waals surface area contributed by atoms with Crippen molar-refractivity contribution in [1.82, 2.24) is 9.62 Å². The lowest BCUT2D eigenvalue weighted by atomic mass is 10.0. The summed E-state index contributed by atoms with van der Waals surface area (Å²) in [7, 11) is 0. The molecule has 2 aliphatic heterocycles. The third-order valence-electron chi connectivity index (χ3n) is 4.40. The number of fused-ring (bicyclic) bond motifs is 1. The van der Waals surface area contributed by atoms with Crippen molar-refractivity contribution >= 4 is 47.0 Å². The van der Waals surface area contributed by atoms with E-state index in [1.165, 1.54) is 22.7 Å². The van der Waals surface area contributed by atoms with Gasteiger partial charge in [0.15, 0.2) is 0 Å². The number of benzene rings is 1. The Kier molecular flexibility index (Phi) is 6.30. The molecule has 0 aliphatic carbocycles. The van der Waals surface area contributed by atoms with Crippen molar-refractivity contribution in [3.63, 3.8) is 0 Å². The van der Waals surface area contributed by atoms with Gasteiger partial charge in [-0.05, 0) is 51.3 Å². The smallest absolute Gasteiger partial charge is 0.355 e. The van der Waals surface area contributed by atoms with Gasteiger partial charge in [0.05, 0.1) is 15.9 Å². The van der Waals surface area contributed by atoms with Crippen LogP contribution in [0.4, 0.5) is 11.4 Å². The number of amides is 1. The number of nitro groups is 2. The quantitative estimate of drug-likeness (QED) is 0.217. The van der Waals surface area contributed by atoms with Gasteiger partial charge in [-0.25, -0.2) is 9.52 Å². The van der Waals surface area contributed by atoms with Gasteiger partial charge in [-0.2, -0.15) is 0 Å². The number of rotatable bonds is 6. The minimum Gasteiger partial charge on any atom is -0.455 e. The predicted molar refractivity (Wildman–Crippen MR) is 114 cm³/mol. The zero-order chi connectivity index (χ0) is 23.1. The number of thioether (sulfide) groups is 1. The van der Waals surface area contributed by atoms with Gasteiger partial charge in [0, 0.05) is 11.8 Å². The van der Waals surface area contributed by atoms with Crippen molar-refractivity contribution in [3.8, 4) is 0 Å². The second-order valence-corrected chi connectivity index (χ2v) is 9.89. The Morgan fingerprint density at radius 2 is 1.97 bits per heavy atom. The molecule has 0 spiro atoms. The van der Waals surface area contributed by atoms with Crippen LogP contribution in [-0.4, -0.2) is 49.4 Å². The van der Waals surface area contributed by atoms with Crippen LogP contribution in [0.5, 0.6) is 0 Å². The lowest BCUT2D eigenvalue weighted by molar-refractivity contribution is -0.396. The molecule has 1 saturated heterocycles. The molecule has 166 valence electrons. The fraction of sp³-hybridized carbons (Fsp3) is 0.444. The monoisotopic (exact) mass is 468 g/mol. The molecule has 0 bridgehead atoms. The molecule has 0 aromatic heterocycles. The van der Waals surface area contributed by atoms with Gasteiger partial charge in [0.1, 0.15) is 27.6 Å². The van der Waals surface area contributed by atoms with Crippen molar-refractivity contribution in [2.24, 2.45) is 0 Å². The number of β-lactam (4-membered cyclic amide) rings is 1. The second-order valence-electron chi connectivity index (χ2n) is 7.90. The Balaban J connectivity index is 1.74. The third-order valence-corrected chi connectivity index (χ3v) is 6.76. The van der Waals surface area contributed by atoms with Gasteiger partial charge in [-0.3, -0.25) is 29.9 Å². The summed E-state index contributed by atoms with van der Waals surface area (Å²) < 4.78 is 8.34. The van der Waals surface area contributed by atoms with Gasteiger partial charge in [-0.15, -0.1) is 11.8 Å². The van der Waals surface area contributed by atoms with Crippen molar-refractivity contribution in [2.45, 2.75) is 49.6 Å². The van der Waals surface area contributed by atoms with Crippen molar-refractivity contribution in [3.05, 3.63) is 49.7 Å². The van der Waals surface area contributed by atoms with Crippen LogP contribution in [0.15, 0.2) is 34.4 Å². The number of carbonyl (C=O) groups is 2. The lowest BCUT2D eigenvalue weighted by Gasteiger charge is -2.49. The highest BCUT2D eigenvalue weighted by atomic mass is 32.2. The van der Waals surface area contributed by atoms with E-state index in [4.69, 9.17) is 4.74 Å². The first kappa shape index (κ1) is 23.0. The van der Waals surface area contributed by atoms with E-state index in [1.807, 2.05) is 0 Å². The number of hydrogen-bond acceptors (Lipinski definition) is 10. The van der Waals surface area contributed by atoms with E-state index in [2.05, 4.69) is 4.72 Å². The summed E-state index contributed by atoms with van der Waals surface area (Å²) in [6.07, 6.45) is 0. The average molecular weight is 469 g/mol. The number of nitrogens with one attached hydrogen (secondary N) is 1. The summed E-state index contributed by atoms with van der Waals surface area (Å²) >= 11 is 2.32. The highest BCUT2D eigenvalue weighted by molar-refractivity contribution is 8.00. The average Bonchev–Trinajstić information content (AvgIpc) is 2.66. The molecule has 2 aliphatic rings. The highest BCUT2D eigenvalue weighted by Gasteiger charge is 2.53. The Hall–Kier alpha value is -2.64. The topological polar surface area (TPSA) is 145 Å². The minimum absolute atomic E-state index is 0.141. The normalized spacial score (nSPS) is 20.8. The van der Waals surface area contributed by atoms with E-state index in [0.29, 0.717) is 5.75 Å². The largest absolute Gasteiger partial charge is 0.455 e. The summed E-state index contributed by atoms with van der Waals surface area (Å²) in [6, 6.07) is 2.61. The fourth-order valence-electron chi connectivity index (χ4n) is 3.04. The summed E-state index contributed by atoms with van der Waals surface area (Å²) in [5.74, 6) is -0.390. The second kappa shape index (κ2) is 8.48. The maximum absolute atomic E-state index is 12.8. The van der Waals surface area contributed by atoms with Gasteiger partial charge in [-0.1, -0.05) is 0 Å². The van der Waals surface area contributed by atoms with E-state index in [-0.39, 0.29) is 21.9 Å². The van der Waals surface area contributed by atoms with Crippen molar-refractivity contribution < 1.29 is 24.2 Å². The molecule has 1 aromatic rings. The molecule has 31 heavy (non-hydrogen) atoms. The molecule has 1 aromatic carbocycles. The molecule has 3 rings (SSSR count). The predicted octanol–water partition coefficient (Wildman–Crippen LogP) is 3.00. The molecule has 1 fully saturated rings. The lowest BCUT2D eigenvalue weighted by Crippen LogP contribution is -2.68. The number of non-ortho nitro benzene ring substituents is 1. The van der Waals surface area contributed by atoms with E-state index in [9.17, 15) is 29.8 Å². The zero-order valence-corrected chi connectivity index (χ0v) is 18.7. The highest BCUT2D eigenvalue weighted by Crippen LogP contribution is 2.42. The summed E-state index contributed by atoms with van der Waals surface area (Å²) in [5, 5.41) is 21.8. The summed E-state index contributed by atoms with van der Waals surface area (Å²) in [6.45, 7) is 7.00. The van der Waals surface area contributed by atoms with Crippen molar-refractivity contribution in [2.75, 3.05) is 5.75 Å². The van der Waals surface area contributed by atoms with Gasteiger partial charge < -0.3 is 4.74 Å². The Bertz CT molecular complexity index is 1010. The summed E-state index contributed by atoms with van der Waals surface area (Å²) in [5.41, 5.74) is -0.570. The molecule has 1 N–H and O–H groups in total. The number of hydrogen-bond donors (Lipinski definition) is 1. The van der Waals surface area contributed by atoms with Gasteiger partial charge in [0.25, 0.3) is 11.4 Å². The first-order valence-electron chi connectivity index (χ1n) is 9.13. The molecule has 11 nitrogen and oxygen atoms in total. The van der Waals surface area contributed by atoms with Crippen LogP contribution < -0.4 is 4.72 Å². The molecule has 1 amide bonds. The molecule has 2 heterocycles. The SMILES string of the molecule is CC1=C(C(=O)OC(C)(C)C)N2C(=O)[C@@H](NSc3ccc([N+](=O)[O-])cc3[N+](=O)[O-])[C@@H]2SC1. The first-order chi connectivity index (χ1) is 14.4. The molecule has 0 saturated carbocycles. The third kappa shape index (κ3) is 4.67. The van der Waals surface area contributed by atoms with E-state index >= 15 is 0 Å². The molecule has 13 heteroatoms. The van der Waals surface area contributed by atoms with Gasteiger partial charge >= 0.3 is 5.97 Å². The van der Waals surface area contributed by atoms with Crippen molar-refractivity contribution in [1.29, 1.82) is 0 Å². The Labute approximate surface area is 186 Å². The van der Waals surface area contributed by atoms with Crippen LogP contribution in [0.2, 0.25) is 0 Å². The minimum atomic E-state index is -0.715. The van der Waals surface area contributed by atoms with Crippen LogP contribution in [0.3, 0.4) is 0 Å². The van der Waals surface area contributed by atoms with Crippen LogP contribution in [0, 0.1) is 20.2 Å². The van der Waals surface area contributed by atoms with E-state index in [1.54, 1.807) is 27.7 Å². The molecule has 0 radical (unpaired) electrons. The van der Waals surface area contributed by atoms with Crippen LogP contribution in [0.1, 0.15) is 27.7 Å². The fourth-order valence-corrected chi connectivity index (χ4v) is 5.28. The molecule has 0 unspecified atom stereocenters. The van der Waals surface area contributed by atoms with E-state index < -0.39 is 38.8 Å². The Morgan fingerprint density at radius 3 is 2.55 bits per heavy atom. The maximum atomic E-state index is 12.8. The molecular weight excluding hydrogens is 448 g/mol.